The molecule has 0 aliphatic carbocycles. The number of nitrogens with zero attached hydrogens (tertiary/aromatic N) is 1. The average Bonchev–Trinajstić information content (AvgIpc) is 2.25. The van der Waals surface area contributed by atoms with Gasteiger partial charge in [-0.1, -0.05) is 19.1 Å². The van der Waals surface area contributed by atoms with Gasteiger partial charge in [-0.15, -0.1) is 0 Å². The molecule has 82 valence electrons. The van der Waals surface area contributed by atoms with Crippen LogP contribution in [0.1, 0.15) is 36.2 Å². The van der Waals surface area contributed by atoms with Crippen LogP contribution in [0.5, 0.6) is 0 Å². The molecule has 0 spiro atoms. The van der Waals surface area contributed by atoms with Crippen molar-refractivity contribution in [2.24, 2.45) is 0 Å². The van der Waals surface area contributed by atoms with Gasteiger partial charge in [0, 0.05) is 24.3 Å². The maximum Gasteiger partial charge on any atom is 0.152 e. The molecule has 0 saturated carbocycles. The summed E-state index contributed by atoms with van der Waals surface area (Å²) in [6, 6.07) is 6.01. The van der Waals surface area contributed by atoms with E-state index >= 15 is 0 Å². The van der Waals surface area contributed by atoms with Crippen LogP contribution < -0.4 is 4.90 Å². The van der Waals surface area contributed by atoms with Crippen molar-refractivity contribution in [3.8, 4) is 0 Å². The molecule has 0 aromatic heterocycles. The molecule has 0 fully saturated rings. The molecule has 0 bridgehead atoms. The van der Waals surface area contributed by atoms with E-state index in [1.807, 2.05) is 25.1 Å². The first kappa shape index (κ1) is 11.8. The highest BCUT2D eigenvalue weighted by atomic mass is 16.1. The summed E-state index contributed by atoms with van der Waals surface area (Å²) in [5.41, 5.74) is 2.94. The highest BCUT2D eigenvalue weighted by Gasteiger charge is 2.09. The van der Waals surface area contributed by atoms with Gasteiger partial charge in [0.2, 0.25) is 0 Å². The summed E-state index contributed by atoms with van der Waals surface area (Å²) >= 11 is 0. The number of aldehydes is 1. The molecule has 0 amide bonds. The fraction of sp³-hybridized carbons (Fsp3) is 0.462. The van der Waals surface area contributed by atoms with E-state index in [0.717, 1.165) is 42.6 Å². The summed E-state index contributed by atoms with van der Waals surface area (Å²) in [5.74, 6) is 0. The molecule has 0 unspecified atom stereocenters. The molecule has 0 N–H and O–H groups in total. The molecule has 0 saturated heterocycles. The average molecular weight is 205 g/mol. The van der Waals surface area contributed by atoms with Crippen molar-refractivity contribution in [1.29, 1.82) is 0 Å². The molecular weight excluding hydrogens is 186 g/mol. The van der Waals surface area contributed by atoms with Gasteiger partial charge in [-0.2, -0.15) is 0 Å². The van der Waals surface area contributed by atoms with Crippen molar-refractivity contribution >= 4 is 12.0 Å². The van der Waals surface area contributed by atoms with E-state index in [0.29, 0.717) is 0 Å². The van der Waals surface area contributed by atoms with Gasteiger partial charge in [0.1, 0.15) is 0 Å². The topological polar surface area (TPSA) is 20.3 Å². The van der Waals surface area contributed by atoms with Gasteiger partial charge in [0.15, 0.2) is 6.29 Å². The fourth-order valence-electron chi connectivity index (χ4n) is 1.81. The predicted octanol–water partition coefficient (Wildman–Crippen LogP) is 3.04. The van der Waals surface area contributed by atoms with Crippen LogP contribution in [-0.4, -0.2) is 19.4 Å². The van der Waals surface area contributed by atoms with E-state index in [1.54, 1.807) is 0 Å². The maximum atomic E-state index is 11.0. The minimum absolute atomic E-state index is 0.827. The Morgan fingerprint density at radius 1 is 1.33 bits per heavy atom. The van der Waals surface area contributed by atoms with Crippen LogP contribution in [0, 0.1) is 6.92 Å². The molecule has 2 heteroatoms. The normalized spacial score (nSPS) is 10.1. The van der Waals surface area contributed by atoms with Gasteiger partial charge >= 0.3 is 0 Å². The van der Waals surface area contributed by atoms with Gasteiger partial charge in [-0.25, -0.2) is 0 Å². The maximum absolute atomic E-state index is 11.0. The van der Waals surface area contributed by atoms with Crippen molar-refractivity contribution in [2.45, 2.75) is 27.2 Å². The molecule has 0 radical (unpaired) electrons. The summed E-state index contributed by atoms with van der Waals surface area (Å²) in [7, 11) is 0. The van der Waals surface area contributed by atoms with Crippen molar-refractivity contribution in [1.82, 2.24) is 0 Å². The van der Waals surface area contributed by atoms with Gasteiger partial charge in [-0.3, -0.25) is 4.79 Å². The van der Waals surface area contributed by atoms with Crippen LogP contribution in [0.2, 0.25) is 0 Å². The minimum atomic E-state index is 0.827. The van der Waals surface area contributed by atoms with E-state index in [-0.39, 0.29) is 0 Å². The third-order valence-electron chi connectivity index (χ3n) is 2.63. The molecule has 1 rings (SSSR count). The molecule has 0 aliphatic rings. The number of benzene rings is 1. The lowest BCUT2D eigenvalue weighted by Gasteiger charge is -2.24. The number of carbonyl (C=O) groups is 1. The van der Waals surface area contributed by atoms with Crippen molar-refractivity contribution in [3.05, 3.63) is 29.3 Å². The molecule has 0 aliphatic heterocycles. The van der Waals surface area contributed by atoms with Crippen LogP contribution in [0.4, 0.5) is 5.69 Å². The van der Waals surface area contributed by atoms with Crippen LogP contribution in [0.3, 0.4) is 0 Å². The Bertz CT molecular complexity index is 333. The number of hydrogen-bond donors (Lipinski definition) is 0. The lowest BCUT2D eigenvalue weighted by molar-refractivity contribution is 0.112. The fourth-order valence-corrected chi connectivity index (χ4v) is 1.81. The number of aryl methyl sites for hydroxylation is 1. The Morgan fingerprint density at radius 3 is 2.60 bits per heavy atom. The van der Waals surface area contributed by atoms with Gasteiger partial charge < -0.3 is 4.90 Å². The highest BCUT2D eigenvalue weighted by Crippen LogP contribution is 2.22. The first-order chi connectivity index (χ1) is 7.24. The van der Waals surface area contributed by atoms with Gasteiger partial charge in [-0.05, 0) is 31.9 Å². The second-order valence-electron chi connectivity index (χ2n) is 3.71. The first-order valence-corrected chi connectivity index (χ1v) is 5.54. The van der Waals surface area contributed by atoms with E-state index in [4.69, 9.17) is 0 Å². The lowest BCUT2D eigenvalue weighted by Crippen LogP contribution is -2.24. The second-order valence-corrected chi connectivity index (χ2v) is 3.71. The van der Waals surface area contributed by atoms with E-state index in [2.05, 4.69) is 18.7 Å². The van der Waals surface area contributed by atoms with E-state index in [9.17, 15) is 4.79 Å². The van der Waals surface area contributed by atoms with E-state index in [1.165, 1.54) is 0 Å². The summed E-state index contributed by atoms with van der Waals surface area (Å²) in [6.45, 7) is 8.19. The van der Waals surface area contributed by atoms with Crippen molar-refractivity contribution < 1.29 is 4.79 Å². The third-order valence-corrected chi connectivity index (χ3v) is 2.63. The zero-order valence-electron chi connectivity index (χ0n) is 9.79. The SMILES string of the molecule is CCCN(CC)c1cccc(C)c1C=O. The molecular formula is C13H19NO. The molecule has 15 heavy (non-hydrogen) atoms. The van der Waals surface area contributed by atoms with Crippen LogP contribution in [0.25, 0.3) is 0 Å². The molecule has 1 aromatic carbocycles. The summed E-state index contributed by atoms with van der Waals surface area (Å²) in [5, 5.41) is 0. The Labute approximate surface area is 91.9 Å². The monoisotopic (exact) mass is 205 g/mol. The second kappa shape index (κ2) is 5.54. The largest absolute Gasteiger partial charge is 0.371 e. The first-order valence-electron chi connectivity index (χ1n) is 5.54. The Hall–Kier alpha value is -1.31. The smallest absolute Gasteiger partial charge is 0.152 e. The van der Waals surface area contributed by atoms with Crippen LogP contribution in [-0.2, 0) is 0 Å². The summed E-state index contributed by atoms with van der Waals surface area (Å²) < 4.78 is 0. The minimum Gasteiger partial charge on any atom is -0.371 e. The van der Waals surface area contributed by atoms with Crippen molar-refractivity contribution in [3.63, 3.8) is 0 Å². The van der Waals surface area contributed by atoms with Crippen LogP contribution in [0.15, 0.2) is 18.2 Å². The summed E-state index contributed by atoms with van der Waals surface area (Å²) in [6.07, 6.45) is 2.06. The zero-order valence-corrected chi connectivity index (χ0v) is 9.79. The van der Waals surface area contributed by atoms with Gasteiger partial charge in [0.25, 0.3) is 0 Å². The Kier molecular flexibility index (Phi) is 4.35. The number of rotatable bonds is 5. The summed E-state index contributed by atoms with van der Waals surface area (Å²) in [4.78, 5) is 13.3. The number of carbonyl (C=O) groups excluding carboxylic acids is 1. The number of hydrogen-bond acceptors (Lipinski definition) is 2. The third kappa shape index (κ3) is 2.58. The highest BCUT2D eigenvalue weighted by molar-refractivity contribution is 5.86. The Morgan fingerprint density at radius 2 is 2.07 bits per heavy atom. The van der Waals surface area contributed by atoms with Gasteiger partial charge in [0.05, 0.1) is 0 Å². The van der Waals surface area contributed by atoms with Crippen molar-refractivity contribution in [2.75, 3.05) is 18.0 Å². The molecule has 0 heterocycles. The zero-order chi connectivity index (χ0) is 11.3. The molecule has 1 aromatic rings. The molecule has 2 nitrogen and oxygen atoms in total. The standard InChI is InChI=1S/C13H19NO/c1-4-9-14(5-2)13-8-6-7-11(3)12(13)10-15/h6-8,10H,4-5,9H2,1-3H3. The van der Waals surface area contributed by atoms with Crippen LogP contribution >= 0.6 is 0 Å². The lowest BCUT2D eigenvalue weighted by atomic mass is 10.1. The molecule has 0 atom stereocenters. The van der Waals surface area contributed by atoms with E-state index < -0.39 is 0 Å². The number of anilines is 1. The Balaban J connectivity index is 3.10. The predicted molar refractivity (Wildman–Crippen MR) is 64.7 cm³/mol. The quantitative estimate of drug-likeness (QED) is 0.689.